The normalized spacial score (nSPS) is 11.1. The van der Waals surface area contributed by atoms with E-state index in [1.54, 1.807) is 24.3 Å². The minimum Gasteiger partial charge on any atom is -0.492 e. The van der Waals surface area contributed by atoms with Gasteiger partial charge in [0.05, 0.1) is 34.3 Å². The first-order chi connectivity index (χ1) is 12.2. The van der Waals surface area contributed by atoms with Crippen molar-refractivity contribution >= 4 is 50.5 Å². The van der Waals surface area contributed by atoms with Crippen LogP contribution in [0, 0.1) is 0 Å². The summed E-state index contributed by atoms with van der Waals surface area (Å²) in [4.78, 5) is 12.4. The Balaban J connectivity index is 2.24. The van der Waals surface area contributed by atoms with Crippen LogP contribution in [0.3, 0.4) is 0 Å². The first kappa shape index (κ1) is 20.4. The number of hydrogen-bond donors (Lipinski definition) is 1. The van der Waals surface area contributed by atoms with Crippen molar-refractivity contribution in [3.63, 3.8) is 0 Å². The SMILES string of the molecule is CCOc1ccccc1NC(=O)CN(c1ccc(Cl)c(Cl)c1)S(C)(=O)=O. The van der Waals surface area contributed by atoms with E-state index >= 15 is 0 Å². The maximum absolute atomic E-state index is 12.4. The van der Waals surface area contributed by atoms with E-state index in [2.05, 4.69) is 5.32 Å². The van der Waals surface area contributed by atoms with Crippen molar-refractivity contribution in [3.8, 4) is 5.75 Å². The van der Waals surface area contributed by atoms with Crippen LogP contribution < -0.4 is 14.4 Å². The highest BCUT2D eigenvalue weighted by molar-refractivity contribution is 7.92. The number of amides is 1. The lowest BCUT2D eigenvalue weighted by Gasteiger charge is -2.22. The molecule has 2 rings (SSSR count). The zero-order chi connectivity index (χ0) is 19.3. The summed E-state index contributed by atoms with van der Waals surface area (Å²) in [5.74, 6) is -0.0163. The lowest BCUT2D eigenvalue weighted by molar-refractivity contribution is -0.114. The van der Waals surface area contributed by atoms with Crippen molar-refractivity contribution in [2.24, 2.45) is 0 Å². The number of carbonyl (C=O) groups excluding carboxylic acids is 1. The third kappa shape index (κ3) is 5.27. The Bertz CT molecular complexity index is 903. The zero-order valence-corrected chi connectivity index (χ0v) is 16.5. The van der Waals surface area contributed by atoms with Gasteiger partial charge in [-0.05, 0) is 37.3 Å². The van der Waals surface area contributed by atoms with Crippen LogP contribution >= 0.6 is 23.2 Å². The molecule has 2 aromatic rings. The van der Waals surface area contributed by atoms with Gasteiger partial charge in [-0.25, -0.2) is 8.42 Å². The van der Waals surface area contributed by atoms with Gasteiger partial charge in [0.15, 0.2) is 0 Å². The summed E-state index contributed by atoms with van der Waals surface area (Å²) >= 11 is 11.8. The molecule has 9 heteroatoms. The van der Waals surface area contributed by atoms with Crippen molar-refractivity contribution in [3.05, 3.63) is 52.5 Å². The summed E-state index contributed by atoms with van der Waals surface area (Å²) in [6.45, 7) is 1.84. The summed E-state index contributed by atoms with van der Waals surface area (Å²) in [5.41, 5.74) is 0.706. The molecule has 1 N–H and O–H groups in total. The second-order valence-corrected chi connectivity index (χ2v) is 8.07. The van der Waals surface area contributed by atoms with Crippen LogP contribution in [0.1, 0.15) is 6.92 Å². The number of para-hydroxylation sites is 2. The van der Waals surface area contributed by atoms with Gasteiger partial charge in [0.25, 0.3) is 0 Å². The average Bonchev–Trinajstić information content (AvgIpc) is 2.56. The Hall–Kier alpha value is -1.96. The molecule has 0 saturated heterocycles. The van der Waals surface area contributed by atoms with Crippen LogP contribution in [0.2, 0.25) is 10.0 Å². The summed E-state index contributed by atoms with van der Waals surface area (Å²) in [6, 6.07) is 11.3. The molecule has 0 aromatic heterocycles. The minimum atomic E-state index is -3.72. The summed E-state index contributed by atoms with van der Waals surface area (Å²) in [5, 5.41) is 3.15. The van der Waals surface area contributed by atoms with Gasteiger partial charge in [-0.3, -0.25) is 9.10 Å². The highest BCUT2D eigenvalue weighted by atomic mass is 35.5. The predicted octanol–water partition coefficient (Wildman–Crippen LogP) is 3.80. The van der Waals surface area contributed by atoms with Crippen LogP contribution in [0.4, 0.5) is 11.4 Å². The van der Waals surface area contributed by atoms with Gasteiger partial charge in [-0.15, -0.1) is 0 Å². The number of ether oxygens (including phenoxy) is 1. The Labute approximate surface area is 162 Å². The van der Waals surface area contributed by atoms with E-state index in [9.17, 15) is 13.2 Å². The van der Waals surface area contributed by atoms with Crippen LogP contribution in [-0.4, -0.2) is 33.7 Å². The molecular weight excluding hydrogens is 399 g/mol. The van der Waals surface area contributed by atoms with Crippen molar-refractivity contribution in [1.29, 1.82) is 0 Å². The molecule has 0 atom stereocenters. The van der Waals surface area contributed by atoms with Gasteiger partial charge < -0.3 is 10.1 Å². The van der Waals surface area contributed by atoms with Gasteiger partial charge in [-0.2, -0.15) is 0 Å². The number of nitrogens with one attached hydrogen (secondary N) is 1. The second-order valence-electron chi connectivity index (χ2n) is 5.35. The predicted molar refractivity (Wildman–Crippen MR) is 105 cm³/mol. The number of anilines is 2. The second kappa shape index (κ2) is 8.62. The highest BCUT2D eigenvalue weighted by Crippen LogP contribution is 2.29. The molecule has 1 amide bonds. The maximum atomic E-state index is 12.4. The monoisotopic (exact) mass is 416 g/mol. The van der Waals surface area contributed by atoms with E-state index in [1.165, 1.54) is 18.2 Å². The number of nitrogens with zero attached hydrogens (tertiary/aromatic N) is 1. The molecule has 0 aliphatic carbocycles. The van der Waals surface area contributed by atoms with Crippen LogP contribution in [0.5, 0.6) is 5.75 Å². The van der Waals surface area contributed by atoms with Crippen LogP contribution in [0.25, 0.3) is 0 Å². The zero-order valence-electron chi connectivity index (χ0n) is 14.2. The van der Waals surface area contributed by atoms with Gasteiger partial charge >= 0.3 is 0 Å². The summed E-state index contributed by atoms with van der Waals surface area (Å²) in [6.07, 6.45) is 1.01. The van der Waals surface area contributed by atoms with Crippen LogP contribution in [-0.2, 0) is 14.8 Å². The molecule has 0 fully saturated rings. The molecule has 0 saturated carbocycles. The molecule has 0 heterocycles. The molecule has 0 bridgehead atoms. The topological polar surface area (TPSA) is 75.7 Å². The summed E-state index contributed by atoms with van der Waals surface area (Å²) < 4.78 is 30.7. The lowest BCUT2D eigenvalue weighted by Crippen LogP contribution is -2.37. The first-order valence-electron chi connectivity index (χ1n) is 7.66. The number of halogens is 2. The van der Waals surface area contributed by atoms with Crippen molar-refractivity contribution in [2.75, 3.05) is 29.0 Å². The number of carbonyl (C=O) groups is 1. The summed E-state index contributed by atoms with van der Waals surface area (Å²) in [7, 11) is -3.72. The van der Waals surface area contributed by atoms with E-state index in [-0.39, 0.29) is 10.7 Å². The fourth-order valence-electron chi connectivity index (χ4n) is 2.21. The molecule has 26 heavy (non-hydrogen) atoms. The number of hydrogen-bond acceptors (Lipinski definition) is 4. The molecule has 2 aromatic carbocycles. The van der Waals surface area contributed by atoms with Gasteiger partial charge in [-0.1, -0.05) is 35.3 Å². The number of benzene rings is 2. The maximum Gasteiger partial charge on any atom is 0.245 e. The molecule has 0 spiro atoms. The molecule has 0 aliphatic heterocycles. The molecule has 140 valence electrons. The molecular formula is C17H18Cl2N2O4S. The first-order valence-corrected chi connectivity index (χ1v) is 10.3. The smallest absolute Gasteiger partial charge is 0.245 e. The van der Waals surface area contributed by atoms with Gasteiger partial charge in [0.2, 0.25) is 15.9 Å². The average molecular weight is 417 g/mol. The van der Waals surface area contributed by atoms with Crippen molar-refractivity contribution in [1.82, 2.24) is 0 Å². The van der Waals surface area contributed by atoms with Crippen LogP contribution in [0.15, 0.2) is 42.5 Å². The fraction of sp³-hybridized carbons (Fsp3) is 0.235. The fourth-order valence-corrected chi connectivity index (χ4v) is 3.35. The molecule has 0 aliphatic rings. The number of sulfonamides is 1. The molecule has 0 radical (unpaired) electrons. The number of rotatable bonds is 7. The van der Waals surface area contributed by atoms with E-state index in [1.807, 2.05) is 6.92 Å². The Morgan fingerprint density at radius 2 is 1.85 bits per heavy atom. The van der Waals surface area contributed by atoms with E-state index < -0.39 is 22.5 Å². The quantitative estimate of drug-likeness (QED) is 0.744. The largest absolute Gasteiger partial charge is 0.492 e. The van der Waals surface area contributed by atoms with Gasteiger partial charge in [0, 0.05) is 0 Å². The third-order valence-electron chi connectivity index (χ3n) is 3.34. The van der Waals surface area contributed by atoms with Crippen molar-refractivity contribution in [2.45, 2.75) is 6.92 Å². The van der Waals surface area contributed by atoms with E-state index in [0.29, 0.717) is 23.1 Å². The minimum absolute atomic E-state index is 0.194. The van der Waals surface area contributed by atoms with E-state index in [4.69, 9.17) is 27.9 Å². The third-order valence-corrected chi connectivity index (χ3v) is 5.22. The molecule has 6 nitrogen and oxygen atoms in total. The van der Waals surface area contributed by atoms with Gasteiger partial charge in [0.1, 0.15) is 12.3 Å². The Kier molecular flexibility index (Phi) is 6.75. The highest BCUT2D eigenvalue weighted by Gasteiger charge is 2.22. The Morgan fingerprint density at radius 1 is 1.15 bits per heavy atom. The lowest BCUT2D eigenvalue weighted by atomic mass is 10.3. The molecule has 0 unspecified atom stereocenters. The Morgan fingerprint density at radius 3 is 2.46 bits per heavy atom. The standard InChI is InChI=1S/C17H18Cl2N2O4S/c1-3-25-16-7-5-4-6-15(16)20-17(22)11-21(26(2,23)24)12-8-9-13(18)14(19)10-12/h4-10H,3,11H2,1-2H3,(H,20,22). The van der Waals surface area contributed by atoms with Crippen molar-refractivity contribution < 1.29 is 17.9 Å². The van der Waals surface area contributed by atoms with E-state index in [0.717, 1.165) is 10.6 Å².